The molecule has 1 rings (SSSR count). The zero-order chi connectivity index (χ0) is 16.0. The summed E-state index contributed by atoms with van der Waals surface area (Å²) in [5.41, 5.74) is 0.643. The van der Waals surface area contributed by atoms with Gasteiger partial charge in [0.05, 0.1) is 10.8 Å². The number of rotatable bonds is 6. The third-order valence-electron chi connectivity index (χ3n) is 2.50. The van der Waals surface area contributed by atoms with Crippen LogP contribution in [0.5, 0.6) is 0 Å². The molecule has 1 aromatic carbocycles. The van der Waals surface area contributed by atoms with Gasteiger partial charge in [0.25, 0.3) is 0 Å². The fourth-order valence-corrected chi connectivity index (χ4v) is 2.88. The van der Waals surface area contributed by atoms with Crippen LogP contribution in [0.4, 0.5) is 0 Å². The molecule has 1 aromatic rings. The normalized spacial score (nSPS) is 11.8. The van der Waals surface area contributed by atoms with Crippen LogP contribution < -0.4 is 5.32 Å². The molecule has 0 aromatic heterocycles. The number of halogens is 1. The van der Waals surface area contributed by atoms with Gasteiger partial charge in [-0.15, -0.1) is 11.8 Å². The molecule has 118 valence electrons. The summed E-state index contributed by atoms with van der Waals surface area (Å²) in [6.07, 6.45) is 0. The third-order valence-corrected chi connectivity index (χ3v) is 4.08. The summed E-state index contributed by atoms with van der Waals surface area (Å²) in [7, 11) is 0. The van der Waals surface area contributed by atoms with E-state index in [1.165, 1.54) is 11.8 Å². The highest BCUT2D eigenvalue weighted by Gasteiger charge is 2.17. The smallest absolute Gasteiger partial charge is 0.316 e. The maximum absolute atomic E-state index is 11.8. The average Bonchev–Trinajstić information content (AvgIpc) is 2.32. The molecular formula is C16H24ClNO2S. The van der Waals surface area contributed by atoms with E-state index in [2.05, 4.69) is 19.2 Å². The van der Waals surface area contributed by atoms with E-state index in [9.17, 15) is 4.79 Å². The van der Waals surface area contributed by atoms with Crippen molar-refractivity contribution in [3.05, 3.63) is 28.8 Å². The number of ether oxygens (including phenoxy) is 1. The topological polar surface area (TPSA) is 38.3 Å². The van der Waals surface area contributed by atoms with Gasteiger partial charge >= 0.3 is 5.97 Å². The van der Waals surface area contributed by atoms with E-state index in [1.54, 1.807) is 0 Å². The summed E-state index contributed by atoms with van der Waals surface area (Å²) < 4.78 is 5.32. The quantitative estimate of drug-likeness (QED) is 0.624. The number of hydrogen-bond donors (Lipinski definition) is 1. The molecule has 0 saturated heterocycles. The lowest BCUT2D eigenvalue weighted by Gasteiger charge is -2.19. The Morgan fingerprint density at radius 2 is 2.05 bits per heavy atom. The molecule has 0 radical (unpaired) electrons. The Labute approximate surface area is 136 Å². The highest BCUT2D eigenvalue weighted by atomic mass is 35.5. The number of thioether (sulfide) groups is 1. The van der Waals surface area contributed by atoms with Gasteiger partial charge in [-0.25, -0.2) is 0 Å². The van der Waals surface area contributed by atoms with Crippen molar-refractivity contribution < 1.29 is 9.53 Å². The summed E-state index contributed by atoms with van der Waals surface area (Å²) in [6, 6.07) is 6.20. The first-order valence-corrected chi connectivity index (χ1v) is 8.41. The van der Waals surface area contributed by atoms with Crippen LogP contribution in [0.25, 0.3) is 0 Å². The zero-order valence-corrected chi connectivity index (χ0v) is 14.9. The minimum Gasteiger partial charge on any atom is -0.459 e. The number of benzene rings is 1. The fraction of sp³-hybridized carbons (Fsp3) is 0.562. The summed E-state index contributed by atoms with van der Waals surface area (Å²) in [5.74, 6) is 0.0329. The van der Waals surface area contributed by atoms with Crippen molar-refractivity contribution >= 4 is 29.3 Å². The zero-order valence-electron chi connectivity index (χ0n) is 13.3. The van der Waals surface area contributed by atoms with Crippen LogP contribution in [0.1, 0.15) is 40.2 Å². The molecule has 21 heavy (non-hydrogen) atoms. The summed E-state index contributed by atoms with van der Waals surface area (Å²) in [4.78, 5) is 12.8. The van der Waals surface area contributed by atoms with Crippen molar-refractivity contribution in [2.45, 2.75) is 57.7 Å². The largest absolute Gasteiger partial charge is 0.459 e. The van der Waals surface area contributed by atoms with E-state index in [-0.39, 0.29) is 11.7 Å². The first-order chi connectivity index (χ1) is 9.69. The Morgan fingerprint density at radius 3 is 2.62 bits per heavy atom. The molecule has 5 heteroatoms. The number of esters is 1. The second kappa shape index (κ2) is 8.06. The monoisotopic (exact) mass is 329 g/mol. The molecule has 0 aliphatic heterocycles. The average molecular weight is 330 g/mol. The van der Waals surface area contributed by atoms with Crippen molar-refractivity contribution in [3.63, 3.8) is 0 Å². The molecule has 0 atom stereocenters. The van der Waals surface area contributed by atoms with E-state index >= 15 is 0 Å². The number of hydrogen-bond acceptors (Lipinski definition) is 4. The maximum atomic E-state index is 11.8. The minimum absolute atomic E-state index is 0.227. The Bertz CT molecular complexity index is 484. The maximum Gasteiger partial charge on any atom is 0.316 e. The van der Waals surface area contributed by atoms with Crippen molar-refractivity contribution in [3.8, 4) is 0 Å². The molecule has 0 heterocycles. The first kappa shape index (κ1) is 18.3. The molecule has 0 fully saturated rings. The number of nitrogens with one attached hydrogen (secondary N) is 1. The van der Waals surface area contributed by atoms with Gasteiger partial charge in [-0.2, -0.15) is 0 Å². The molecular weight excluding hydrogens is 306 g/mol. The van der Waals surface area contributed by atoms with Gasteiger partial charge in [0.15, 0.2) is 0 Å². The van der Waals surface area contributed by atoms with Crippen LogP contribution in [-0.4, -0.2) is 23.4 Å². The van der Waals surface area contributed by atoms with Crippen molar-refractivity contribution in [2.75, 3.05) is 5.75 Å². The second-order valence-electron chi connectivity index (χ2n) is 6.14. The standard InChI is InChI=1S/C16H24ClNO2S/c1-11(2)18-9-12-7-6-8-13(17)15(12)21-10-14(19)20-16(3,4)5/h6-8,11,18H,9-10H2,1-5H3. The first-order valence-electron chi connectivity index (χ1n) is 7.04. The second-order valence-corrected chi connectivity index (χ2v) is 7.53. The molecule has 0 aliphatic rings. The SMILES string of the molecule is CC(C)NCc1cccc(Cl)c1SCC(=O)OC(C)(C)C. The Morgan fingerprint density at radius 1 is 1.38 bits per heavy atom. The van der Waals surface area contributed by atoms with Gasteiger partial charge in [-0.05, 0) is 32.4 Å². The lowest BCUT2D eigenvalue weighted by molar-refractivity contribution is -0.151. The minimum atomic E-state index is -0.458. The highest BCUT2D eigenvalue weighted by Crippen LogP contribution is 2.31. The number of carbonyl (C=O) groups is 1. The van der Waals surface area contributed by atoms with Crippen LogP contribution in [0, 0.1) is 0 Å². The predicted octanol–water partition coefficient (Wildman–Crippen LogP) is 4.27. The van der Waals surface area contributed by atoms with E-state index in [0.29, 0.717) is 11.1 Å². The van der Waals surface area contributed by atoms with E-state index in [0.717, 1.165) is 17.0 Å². The molecule has 0 aliphatic carbocycles. The molecule has 3 nitrogen and oxygen atoms in total. The Kier molecular flexibility index (Phi) is 7.04. The third kappa shape index (κ3) is 7.21. The van der Waals surface area contributed by atoms with Gasteiger partial charge < -0.3 is 10.1 Å². The van der Waals surface area contributed by atoms with Crippen molar-refractivity contribution in [1.82, 2.24) is 5.32 Å². The van der Waals surface area contributed by atoms with Crippen LogP contribution in [-0.2, 0) is 16.1 Å². The summed E-state index contributed by atoms with van der Waals surface area (Å²) in [6.45, 7) is 10.5. The molecule has 1 N–H and O–H groups in total. The van der Waals surface area contributed by atoms with Gasteiger partial charge in [0, 0.05) is 17.5 Å². The molecule has 0 unspecified atom stereocenters. The van der Waals surface area contributed by atoms with Gasteiger partial charge in [-0.1, -0.05) is 37.6 Å². The van der Waals surface area contributed by atoms with Crippen molar-refractivity contribution in [1.29, 1.82) is 0 Å². The van der Waals surface area contributed by atoms with Crippen LogP contribution in [0.3, 0.4) is 0 Å². The molecule has 0 bridgehead atoms. The van der Waals surface area contributed by atoms with Gasteiger partial charge in [0.2, 0.25) is 0 Å². The van der Waals surface area contributed by atoms with E-state index < -0.39 is 5.60 Å². The molecule has 0 saturated carbocycles. The van der Waals surface area contributed by atoms with Crippen LogP contribution >= 0.6 is 23.4 Å². The van der Waals surface area contributed by atoms with Crippen LogP contribution in [0.2, 0.25) is 5.02 Å². The Hall–Kier alpha value is -0.710. The van der Waals surface area contributed by atoms with Crippen molar-refractivity contribution in [2.24, 2.45) is 0 Å². The molecule has 0 amide bonds. The molecule has 0 spiro atoms. The summed E-state index contributed by atoms with van der Waals surface area (Å²) in [5, 5.41) is 4.04. The fourth-order valence-electron chi connectivity index (χ4n) is 1.67. The predicted molar refractivity (Wildman–Crippen MR) is 90.0 cm³/mol. The summed E-state index contributed by atoms with van der Waals surface area (Å²) >= 11 is 7.69. The highest BCUT2D eigenvalue weighted by molar-refractivity contribution is 8.00. The van der Waals surface area contributed by atoms with E-state index in [4.69, 9.17) is 16.3 Å². The lowest BCUT2D eigenvalue weighted by Crippen LogP contribution is -2.25. The Balaban J connectivity index is 2.71. The lowest BCUT2D eigenvalue weighted by atomic mass is 10.2. The van der Waals surface area contributed by atoms with Gasteiger partial charge in [0.1, 0.15) is 5.60 Å². The number of carbonyl (C=O) groups excluding carboxylic acids is 1. The van der Waals surface area contributed by atoms with Crippen LogP contribution in [0.15, 0.2) is 23.1 Å². The van der Waals surface area contributed by atoms with Gasteiger partial charge in [-0.3, -0.25) is 4.79 Å². The van der Waals surface area contributed by atoms with E-state index in [1.807, 2.05) is 39.0 Å².